The van der Waals surface area contributed by atoms with Crippen LogP contribution in [0, 0.1) is 15.9 Å². The summed E-state index contributed by atoms with van der Waals surface area (Å²) in [7, 11) is 0. The highest BCUT2D eigenvalue weighted by molar-refractivity contribution is 5.94. The number of hydrogen-bond acceptors (Lipinski definition) is 6. The number of hydrogen-bond donors (Lipinski definition) is 1. The molecule has 3 aromatic carbocycles. The van der Waals surface area contributed by atoms with Gasteiger partial charge in [0.25, 0.3) is 5.91 Å². The third kappa shape index (κ3) is 4.06. The molecule has 31 heavy (non-hydrogen) atoms. The van der Waals surface area contributed by atoms with E-state index in [1.54, 1.807) is 48.5 Å². The van der Waals surface area contributed by atoms with Gasteiger partial charge in [-0.15, -0.1) is 0 Å². The normalized spacial score (nSPS) is 12.2. The number of carbonyl (C=O) groups excluding carboxylic acids is 2. The van der Waals surface area contributed by atoms with Crippen LogP contribution in [0.1, 0.15) is 17.0 Å². The Morgan fingerprint density at radius 2 is 1.65 bits per heavy atom. The molecule has 0 fully saturated rings. The van der Waals surface area contributed by atoms with Gasteiger partial charge < -0.3 is 14.8 Å². The molecule has 8 nitrogen and oxygen atoms in total. The van der Waals surface area contributed by atoms with Crippen molar-refractivity contribution in [2.45, 2.75) is 5.92 Å². The van der Waals surface area contributed by atoms with Crippen LogP contribution in [-0.4, -0.2) is 23.4 Å². The number of amides is 1. The molecule has 0 atom stereocenters. The molecule has 9 heteroatoms. The number of nitrogens with zero attached hydrogens (tertiary/aromatic N) is 1. The molecule has 1 aliphatic heterocycles. The van der Waals surface area contributed by atoms with Gasteiger partial charge in [-0.2, -0.15) is 4.39 Å². The lowest BCUT2D eigenvalue weighted by molar-refractivity contribution is -0.387. The first-order chi connectivity index (χ1) is 14.9. The molecule has 1 aliphatic rings. The van der Waals surface area contributed by atoms with E-state index in [4.69, 9.17) is 9.47 Å². The molecule has 156 valence electrons. The Morgan fingerprint density at radius 1 is 1.03 bits per heavy atom. The van der Waals surface area contributed by atoms with Crippen molar-refractivity contribution in [3.8, 4) is 11.5 Å². The molecule has 4 rings (SSSR count). The summed E-state index contributed by atoms with van der Waals surface area (Å²) in [5.41, 5.74) is 0.461. The third-order valence-corrected chi connectivity index (χ3v) is 4.69. The summed E-state index contributed by atoms with van der Waals surface area (Å²) in [5.74, 6) is -2.13. The number of para-hydroxylation sites is 2. The zero-order valence-electron chi connectivity index (χ0n) is 15.9. The van der Waals surface area contributed by atoms with E-state index < -0.39 is 40.8 Å². The van der Waals surface area contributed by atoms with Crippen LogP contribution in [0.25, 0.3) is 0 Å². The minimum atomic E-state index is -1.02. The van der Waals surface area contributed by atoms with E-state index in [1.165, 1.54) is 6.07 Å². The Morgan fingerprint density at radius 3 is 2.26 bits per heavy atom. The predicted octanol–water partition coefficient (Wildman–Crippen LogP) is 4.15. The third-order valence-electron chi connectivity index (χ3n) is 4.69. The van der Waals surface area contributed by atoms with Crippen LogP contribution in [-0.2, 0) is 14.3 Å². The standard InChI is InChI=1S/C22H15FN2O6/c23-16-10-9-13(11-17(16)25(28)29)24-20(26)12-30-22(27)21-14-5-1-3-7-18(14)31-19-8-4-2-6-15(19)21/h1-11,21H,12H2,(H,24,26). The molecule has 0 saturated heterocycles. The van der Waals surface area contributed by atoms with Gasteiger partial charge in [0.1, 0.15) is 17.4 Å². The van der Waals surface area contributed by atoms with Gasteiger partial charge in [-0.3, -0.25) is 19.7 Å². The van der Waals surface area contributed by atoms with Crippen molar-refractivity contribution in [3.05, 3.63) is 93.8 Å². The number of rotatable bonds is 5. The average Bonchev–Trinajstić information content (AvgIpc) is 2.77. The van der Waals surface area contributed by atoms with Crippen molar-refractivity contribution in [3.63, 3.8) is 0 Å². The molecule has 1 N–H and O–H groups in total. The van der Waals surface area contributed by atoms with Crippen LogP contribution in [0.2, 0.25) is 0 Å². The fourth-order valence-corrected chi connectivity index (χ4v) is 3.31. The Balaban J connectivity index is 1.48. The summed E-state index contributed by atoms with van der Waals surface area (Å²) in [4.78, 5) is 35.0. The van der Waals surface area contributed by atoms with E-state index in [2.05, 4.69) is 5.32 Å². The lowest BCUT2D eigenvalue weighted by Crippen LogP contribution is -2.26. The van der Waals surface area contributed by atoms with Gasteiger partial charge in [0.05, 0.1) is 4.92 Å². The van der Waals surface area contributed by atoms with E-state index in [0.717, 1.165) is 12.1 Å². The average molecular weight is 422 g/mol. The molecule has 0 aromatic heterocycles. The van der Waals surface area contributed by atoms with Gasteiger partial charge in [-0.05, 0) is 24.3 Å². The molecule has 1 heterocycles. The Labute approximate surface area is 175 Å². The van der Waals surface area contributed by atoms with E-state index in [9.17, 15) is 24.1 Å². The Kier molecular flexibility index (Phi) is 5.31. The summed E-state index contributed by atoms with van der Waals surface area (Å²) >= 11 is 0. The van der Waals surface area contributed by atoms with E-state index >= 15 is 0 Å². The number of halogens is 1. The second-order valence-corrected chi connectivity index (χ2v) is 6.69. The number of ether oxygens (including phenoxy) is 2. The Bertz CT molecular complexity index is 1150. The Hall–Kier alpha value is -4.27. The maximum atomic E-state index is 13.4. The minimum absolute atomic E-state index is 0.0101. The topological polar surface area (TPSA) is 108 Å². The number of nitro benzene ring substituents is 1. The zero-order chi connectivity index (χ0) is 22.0. The first kappa shape index (κ1) is 20.0. The quantitative estimate of drug-likeness (QED) is 0.376. The molecule has 0 aliphatic carbocycles. The largest absolute Gasteiger partial charge is 0.457 e. The summed E-state index contributed by atoms with van der Waals surface area (Å²) in [6, 6.07) is 17.0. The fraction of sp³-hybridized carbons (Fsp3) is 0.0909. The smallest absolute Gasteiger partial charge is 0.318 e. The van der Waals surface area contributed by atoms with E-state index in [1.807, 2.05) is 0 Å². The fourth-order valence-electron chi connectivity index (χ4n) is 3.31. The first-order valence-electron chi connectivity index (χ1n) is 9.20. The molecule has 0 unspecified atom stereocenters. The molecule has 0 radical (unpaired) electrons. The van der Waals surface area contributed by atoms with Crippen LogP contribution in [0.3, 0.4) is 0 Å². The number of carbonyl (C=O) groups is 2. The van der Waals surface area contributed by atoms with Crippen LogP contribution in [0.15, 0.2) is 66.7 Å². The summed E-state index contributed by atoms with van der Waals surface area (Å²) < 4.78 is 24.5. The van der Waals surface area contributed by atoms with E-state index in [-0.39, 0.29) is 5.69 Å². The van der Waals surface area contributed by atoms with Crippen molar-refractivity contribution < 1.29 is 28.4 Å². The minimum Gasteiger partial charge on any atom is -0.457 e. The van der Waals surface area contributed by atoms with Gasteiger partial charge in [0.15, 0.2) is 6.61 Å². The lowest BCUT2D eigenvalue weighted by Gasteiger charge is -2.26. The molecule has 1 amide bonds. The van der Waals surface area contributed by atoms with Crippen molar-refractivity contribution in [1.29, 1.82) is 0 Å². The monoisotopic (exact) mass is 422 g/mol. The summed E-state index contributed by atoms with van der Waals surface area (Å²) in [6.07, 6.45) is 0. The number of nitro groups is 1. The molecular formula is C22H15FN2O6. The van der Waals surface area contributed by atoms with Crippen molar-refractivity contribution in [2.24, 2.45) is 0 Å². The number of fused-ring (bicyclic) bond motifs is 2. The zero-order valence-corrected chi connectivity index (χ0v) is 15.9. The maximum Gasteiger partial charge on any atom is 0.318 e. The highest BCUT2D eigenvalue weighted by atomic mass is 19.1. The first-order valence-corrected chi connectivity index (χ1v) is 9.20. The van der Waals surface area contributed by atoms with E-state index in [0.29, 0.717) is 22.6 Å². The van der Waals surface area contributed by atoms with Crippen molar-refractivity contribution in [1.82, 2.24) is 0 Å². The molecule has 0 spiro atoms. The number of nitrogens with one attached hydrogen (secondary N) is 1. The highest BCUT2D eigenvalue weighted by Crippen LogP contribution is 2.44. The number of esters is 1. The van der Waals surface area contributed by atoms with Crippen LogP contribution in [0.5, 0.6) is 11.5 Å². The van der Waals surface area contributed by atoms with Gasteiger partial charge in [-0.25, -0.2) is 0 Å². The lowest BCUT2D eigenvalue weighted by atomic mass is 9.88. The van der Waals surface area contributed by atoms with Gasteiger partial charge in [0, 0.05) is 22.9 Å². The summed E-state index contributed by atoms with van der Waals surface area (Å²) in [6.45, 7) is -0.619. The van der Waals surface area contributed by atoms with Crippen LogP contribution < -0.4 is 10.1 Å². The SMILES string of the molecule is O=C(COC(=O)C1c2ccccc2Oc2ccccc21)Nc1ccc(F)c([N+](=O)[O-])c1. The van der Waals surface area contributed by atoms with Gasteiger partial charge >= 0.3 is 11.7 Å². The molecular weight excluding hydrogens is 407 g/mol. The summed E-state index contributed by atoms with van der Waals surface area (Å²) in [5, 5.41) is 13.2. The molecule has 3 aromatic rings. The van der Waals surface area contributed by atoms with Crippen LogP contribution >= 0.6 is 0 Å². The van der Waals surface area contributed by atoms with Crippen LogP contribution in [0.4, 0.5) is 15.8 Å². The van der Waals surface area contributed by atoms with Crippen molar-refractivity contribution >= 4 is 23.3 Å². The number of anilines is 1. The van der Waals surface area contributed by atoms with Crippen molar-refractivity contribution in [2.75, 3.05) is 11.9 Å². The predicted molar refractivity (Wildman–Crippen MR) is 107 cm³/mol. The second-order valence-electron chi connectivity index (χ2n) is 6.69. The maximum absolute atomic E-state index is 13.4. The molecule has 0 saturated carbocycles. The highest BCUT2D eigenvalue weighted by Gasteiger charge is 2.33. The number of benzene rings is 3. The van der Waals surface area contributed by atoms with Gasteiger partial charge in [0.2, 0.25) is 5.82 Å². The van der Waals surface area contributed by atoms with Gasteiger partial charge in [-0.1, -0.05) is 36.4 Å². The second kappa shape index (κ2) is 8.23. The molecule has 0 bridgehead atoms.